The van der Waals surface area contributed by atoms with Crippen LogP contribution in [0.15, 0.2) is 0 Å². The van der Waals surface area contributed by atoms with Crippen molar-refractivity contribution in [3.8, 4) is 0 Å². The molecular weight excluding hydrogens is 188 g/mol. The maximum absolute atomic E-state index is 10.9. The number of amides is 1. The highest BCUT2D eigenvalue weighted by molar-refractivity contribution is 5.80. The molecule has 0 heterocycles. The summed E-state index contributed by atoms with van der Waals surface area (Å²) < 4.78 is 0. The van der Waals surface area contributed by atoms with Crippen molar-refractivity contribution < 1.29 is 14.5 Å². The van der Waals surface area contributed by atoms with Crippen molar-refractivity contribution in [1.29, 1.82) is 0 Å². The first-order valence-corrected chi connectivity index (χ1v) is 4.40. The van der Waals surface area contributed by atoms with E-state index in [-0.39, 0.29) is 0 Å². The molecule has 1 N–H and O–H groups in total. The molecule has 0 bridgehead atoms. The van der Waals surface area contributed by atoms with Crippen LogP contribution in [0.5, 0.6) is 0 Å². The maximum atomic E-state index is 10.9. The monoisotopic (exact) mass is 200 g/mol. The van der Waals surface area contributed by atoms with E-state index in [1.54, 1.807) is 0 Å². The Morgan fingerprint density at radius 1 is 1.71 bits per heavy atom. The lowest BCUT2D eigenvalue weighted by Crippen LogP contribution is -2.57. The van der Waals surface area contributed by atoms with E-state index in [1.165, 1.54) is 6.92 Å². The van der Waals surface area contributed by atoms with Gasteiger partial charge in [0.25, 0.3) is 0 Å². The summed E-state index contributed by atoms with van der Waals surface area (Å²) in [6, 6.07) is -0.983. The fourth-order valence-electron chi connectivity index (χ4n) is 1.95. The van der Waals surface area contributed by atoms with Gasteiger partial charge in [0.1, 0.15) is 0 Å². The van der Waals surface area contributed by atoms with Gasteiger partial charge < -0.3 is 10.1 Å². The highest BCUT2D eigenvalue weighted by atomic mass is 16.6. The third kappa shape index (κ3) is 1.73. The first-order valence-electron chi connectivity index (χ1n) is 4.40. The van der Waals surface area contributed by atoms with Gasteiger partial charge in [0, 0.05) is 18.3 Å². The molecule has 2 atom stereocenters. The maximum Gasteiger partial charge on any atom is 0.242 e. The quantitative estimate of drug-likeness (QED) is 0.391. The summed E-state index contributed by atoms with van der Waals surface area (Å²) in [5, 5.41) is 13.0. The van der Waals surface area contributed by atoms with E-state index in [0.29, 0.717) is 25.5 Å². The van der Waals surface area contributed by atoms with Crippen LogP contribution in [0.3, 0.4) is 0 Å². The third-order valence-electron chi connectivity index (χ3n) is 2.54. The van der Waals surface area contributed by atoms with Gasteiger partial charge >= 0.3 is 0 Å². The molecule has 1 saturated carbocycles. The lowest BCUT2D eigenvalue weighted by atomic mass is 9.95. The van der Waals surface area contributed by atoms with Gasteiger partial charge in [0.05, 0.1) is 0 Å². The van der Waals surface area contributed by atoms with Crippen molar-refractivity contribution in [2.45, 2.75) is 37.8 Å². The number of hydrogen-bond acceptors (Lipinski definition) is 4. The van der Waals surface area contributed by atoms with Gasteiger partial charge in [0.2, 0.25) is 11.9 Å². The van der Waals surface area contributed by atoms with E-state index in [0.717, 1.165) is 0 Å². The molecular formula is C8H12N2O4. The van der Waals surface area contributed by atoms with Crippen molar-refractivity contribution in [1.82, 2.24) is 5.32 Å². The number of nitrogens with one attached hydrogen (secondary N) is 1. The van der Waals surface area contributed by atoms with E-state index in [1.807, 2.05) is 0 Å². The van der Waals surface area contributed by atoms with E-state index >= 15 is 0 Å². The molecule has 0 aliphatic heterocycles. The van der Waals surface area contributed by atoms with Gasteiger partial charge in [-0.25, -0.2) is 0 Å². The molecule has 14 heavy (non-hydrogen) atoms. The van der Waals surface area contributed by atoms with E-state index in [9.17, 15) is 19.7 Å². The zero-order valence-corrected chi connectivity index (χ0v) is 7.86. The summed E-state index contributed by atoms with van der Waals surface area (Å²) in [4.78, 5) is 31.9. The smallest absolute Gasteiger partial charge is 0.242 e. The SMILES string of the molecule is CC(=O)NC1(C=O)CCCC1[N+](=O)[O-]. The second-order valence-corrected chi connectivity index (χ2v) is 3.53. The van der Waals surface area contributed by atoms with Gasteiger partial charge in [-0.1, -0.05) is 0 Å². The van der Waals surface area contributed by atoms with Crippen LogP contribution in [0.25, 0.3) is 0 Å². The number of nitrogens with zero attached hydrogens (tertiary/aromatic N) is 1. The highest BCUT2D eigenvalue weighted by Gasteiger charge is 2.51. The topological polar surface area (TPSA) is 89.3 Å². The lowest BCUT2D eigenvalue weighted by Gasteiger charge is -2.24. The molecule has 1 fully saturated rings. The van der Waals surface area contributed by atoms with E-state index in [4.69, 9.17) is 0 Å². The summed E-state index contributed by atoms with van der Waals surface area (Å²) in [5.74, 6) is -0.411. The van der Waals surface area contributed by atoms with Crippen LogP contribution >= 0.6 is 0 Å². The normalized spacial score (nSPS) is 31.1. The third-order valence-corrected chi connectivity index (χ3v) is 2.54. The predicted octanol–water partition coefficient (Wildman–Crippen LogP) is -0.111. The number of aldehydes is 1. The Morgan fingerprint density at radius 3 is 2.79 bits per heavy atom. The second-order valence-electron chi connectivity index (χ2n) is 3.53. The Morgan fingerprint density at radius 2 is 2.36 bits per heavy atom. The Balaban J connectivity index is 2.90. The zero-order chi connectivity index (χ0) is 10.8. The first kappa shape index (κ1) is 10.6. The molecule has 1 aliphatic rings. The van der Waals surface area contributed by atoms with Crippen molar-refractivity contribution >= 4 is 12.2 Å². The lowest BCUT2D eigenvalue weighted by molar-refractivity contribution is -0.527. The van der Waals surface area contributed by atoms with Crippen molar-refractivity contribution in [2.24, 2.45) is 0 Å². The number of carbonyl (C=O) groups excluding carboxylic acids is 2. The highest BCUT2D eigenvalue weighted by Crippen LogP contribution is 2.30. The predicted molar refractivity (Wildman–Crippen MR) is 47.2 cm³/mol. The number of hydrogen-bond donors (Lipinski definition) is 1. The number of rotatable bonds is 3. The van der Waals surface area contributed by atoms with Gasteiger partial charge in [-0.3, -0.25) is 14.9 Å². The van der Waals surface area contributed by atoms with Crippen molar-refractivity contribution in [3.05, 3.63) is 10.1 Å². The molecule has 6 nitrogen and oxygen atoms in total. The number of nitro groups is 1. The van der Waals surface area contributed by atoms with Gasteiger partial charge in [-0.2, -0.15) is 0 Å². The summed E-state index contributed by atoms with van der Waals surface area (Å²) in [5.41, 5.74) is -1.28. The minimum atomic E-state index is -1.28. The van der Waals surface area contributed by atoms with Gasteiger partial charge in [0.15, 0.2) is 11.8 Å². The molecule has 1 aliphatic carbocycles. The second kappa shape index (κ2) is 3.73. The first-order chi connectivity index (χ1) is 6.52. The number of carbonyl (C=O) groups is 2. The molecule has 0 aromatic heterocycles. The van der Waals surface area contributed by atoms with Crippen LogP contribution in [0.1, 0.15) is 26.2 Å². The molecule has 1 amide bonds. The zero-order valence-electron chi connectivity index (χ0n) is 7.86. The molecule has 0 aromatic carbocycles. The van der Waals surface area contributed by atoms with Crippen LogP contribution < -0.4 is 5.32 Å². The molecule has 0 spiro atoms. The molecule has 0 aromatic rings. The Hall–Kier alpha value is -1.46. The van der Waals surface area contributed by atoms with Crippen LogP contribution in [0.2, 0.25) is 0 Å². The Kier molecular flexibility index (Phi) is 2.83. The van der Waals surface area contributed by atoms with Gasteiger partial charge in [-0.15, -0.1) is 0 Å². The van der Waals surface area contributed by atoms with Crippen LogP contribution in [-0.4, -0.2) is 28.7 Å². The molecule has 6 heteroatoms. The summed E-state index contributed by atoms with van der Waals surface area (Å²) in [7, 11) is 0. The van der Waals surface area contributed by atoms with Crippen LogP contribution in [-0.2, 0) is 9.59 Å². The molecule has 78 valence electrons. The summed E-state index contributed by atoms with van der Waals surface area (Å²) in [6.45, 7) is 1.25. The van der Waals surface area contributed by atoms with Gasteiger partial charge in [-0.05, 0) is 12.8 Å². The summed E-state index contributed by atoms with van der Waals surface area (Å²) >= 11 is 0. The van der Waals surface area contributed by atoms with Crippen molar-refractivity contribution in [2.75, 3.05) is 0 Å². The molecule has 1 rings (SSSR count). The average Bonchev–Trinajstić information content (AvgIpc) is 2.48. The minimum absolute atomic E-state index is 0.339. The van der Waals surface area contributed by atoms with Crippen LogP contribution in [0, 0.1) is 10.1 Å². The fourth-order valence-corrected chi connectivity index (χ4v) is 1.95. The largest absolute Gasteiger partial charge is 0.338 e. The molecule has 2 unspecified atom stereocenters. The Labute approximate surface area is 80.8 Å². The van der Waals surface area contributed by atoms with Crippen LogP contribution in [0.4, 0.5) is 0 Å². The van der Waals surface area contributed by atoms with Crippen molar-refractivity contribution in [3.63, 3.8) is 0 Å². The fraction of sp³-hybridized carbons (Fsp3) is 0.750. The average molecular weight is 200 g/mol. The van der Waals surface area contributed by atoms with E-state index < -0.39 is 22.4 Å². The standard InChI is InChI=1S/C8H12N2O4/c1-6(12)9-8(5-11)4-2-3-7(8)10(13)14/h5,7H,2-4H2,1H3,(H,9,12). The molecule has 0 radical (unpaired) electrons. The Bertz CT molecular complexity index is 279. The summed E-state index contributed by atoms with van der Waals surface area (Å²) in [6.07, 6.45) is 1.77. The van der Waals surface area contributed by atoms with E-state index in [2.05, 4.69) is 5.32 Å². The minimum Gasteiger partial charge on any atom is -0.338 e. The molecule has 0 saturated heterocycles.